The van der Waals surface area contributed by atoms with Crippen molar-refractivity contribution >= 4 is 5.97 Å². The fourth-order valence-electron chi connectivity index (χ4n) is 2.07. The number of hydrogen-bond acceptors (Lipinski definition) is 3. The third-order valence-corrected chi connectivity index (χ3v) is 3.02. The van der Waals surface area contributed by atoms with Gasteiger partial charge in [-0.05, 0) is 38.1 Å². The van der Waals surface area contributed by atoms with E-state index >= 15 is 0 Å². The van der Waals surface area contributed by atoms with Crippen molar-refractivity contribution in [2.24, 2.45) is 5.92 Å². The van der Waals surface area contributed by atoms with Gasteiger partial charge in [0.15, 0.2) is 0 Å². The fourth-order valence-corrected chi connectivity index (χ4v) is 2.07. The molecule has 0 aliphatic carbocycles. The molecule has 0 aromatic carbocycles. The highest BCUT2D eigenvalue weighted by Gasteiger charge is 2.20. The zero-order valence-electron chi connectivity index (χ0n) is 10.2. The molecule has 2 atom stereocenters. The lowest BCUT2D eigenvalue weighted by molar-refractivity contribution is -0.140. The van der Waals surface area contributed by atoms with Crippen LogP contribution in [0.25, 0.3) is 0 Å². The van der Waals surface area contributed by atoms with E-state index in [1.807, 2.05) is 13.8 Å². The van der Waals surface area contributed by atoms with E-state index in [4.69, 9.17) is 9.84 Å². The van der Waals surface area contributed by atoms with E-state index in [1.165, 1.54) is 6.42 Å². The highest BCUT2D eigenvalue weighted by atomic mass is 16.5. The number of rotatable bonds is 7. The summed E-state index contributed by atoms with van der Waals surface area (Å²) in [5, 5.41) is 12.1. The van der Waals surface area contributed by atoms with Crippen molar-refractivity contribution in [3.63, 3.8) is 0 Å². The van der Waals surface area contributed by atoms with Crippen LogP contribution in [0.4, 0.5) is 0 Å². The van der Waals surface area contributed by atoms with Crippen LogP contribution >= 0.6 is 0 Å². The number of ether oxygens (including phenoxy) is 1. The number of aliphatic carboxylic acids is 1. The lowest BCUT2D eigenvalue weighted by Crippen LogP contribution is -2.41. The average Bonchev–Trinajstić information content (AvgIpc) is 2.68. The van der Waals surface area contributed by atoms with Crippen LogP contribution in [0.3, 0.4) is 0 Å². The monoisotopic (exact) mass is 229 g/mol. The molecule has 0 radical (unpaired) electrons. The molecule has 4 heteroatoms. The van der Waals surface area contributed by atoms with Crippen LogP contribution in [-0.4, -0.2) is 36.4 Å². The van der Waals surface area contributed by atoms with E-state index in [1.54, 1.807) is 0 Å². The van der Waals surface area contributed by atoms with Crippen molar-refractivity contribution in [1.82, 2.24) is 5.32 Å². The van der Waals surface area contributed by atoms with Crippen molar-refractivity contribution in [2.45, 2.75) is 51.7 Å². The minimum absolute atomic E-state index is 0.125. The van der Waals surface area contributed by atoms with Gasteiger partial charge >= 0.3 is 5.97 Å². The van der Waals surface area contributed by atoms with Crippen molar-refractivity contribution in [3.8, 4) is 0 Å². The van der Waals surface area contributed by atoms with E-state index in [9.17, 15) is 4.79 Å². The summed E-state index contributed by atoms with van der Waals surface area (Å²) in [4.78, 5) is 10.9. The third kappa shape index (κ3) is 4.49. The summed E-state index contributed by atoms with van der Waals surface area (Å²) in [6.45, 7) is 5.49. The lowest BCUT2D eigenvalue weighted by atomic mass is 10.0. The van der Waals surface area contributed by atoms with Crippen LogP contribution < -0.4 is 5.32 Å². The highest BCUT2D eigenvalue weighted by Crippen LogP contribution is 2.16. The molecule has 0 spiro atoms. The maximum atomic E-state index is 10.9. The molecule has 4 nitrogen and oxygen atoms in total. The van der Waals surface area contributed by atoms with Gasteiger partial charge in [-0.1, -0.05) is 13.8 Å². The maximum Gasteiger partial charge on any atom is 0.320 e. The summed E-state index contributed by atoms with van der Waals surface area (Å²) in [6.07, 6.45) is 4.76. The molecule has 1 rings (SSSR count). The number of hydrogen-bond donors (Lipinski definition) is 2. The number of carboxylic acid groups (broad SMARTS) is 1. The molecule has 0 bridgehead atoms. The van der Waals surface area contributed by atoms with E-state index in [-0.39, 0.29) is 5.92 Å². The molecule has 1 heterocycles. The van der Waals surface area contributed by atoms with Crippen molar-refractivity contribution in [1.29, 1.82) is 0 Å². The number of carbonyl (C=O) groups is 1. The Morgan fingerprint density at radius 3 is 2.81 bits per heavy atom. The van der Waals surface area contributed by atoms with Crippen molar-refractivity contribution in [2.75, 3.05) is 13.2 Å². The van der Waals surface area contributed by atoms with Gasteiger partial charge in [0.2, 0.25) is 0 Å². The van der Waals surface area contributed by atoms with E-state index in [0.29, 0.717) is 6.10 Å². The van der Waals surface area contributed by atoms with Gasteiger partial charge < -0.3 is 15.2 Å². The first-order valence-electron chi connectivity index (χ1n) is 6.19. The van der Waals surface area contributed by atoms with Gasteiger partial charge in [0.1, 0.15) is 6.04 Å². The largest absolute Gasteiger partial charge is 0.480 e. The highest BCUT2D eigenvalue weighted by molar-refractivity contribution is 5.73. The summed E-state index contributed by atoms with van der Waals surface area (Å²) in [6, 6.07) is -0.426. The Bertz CT molecular complexity index is 212. The summed E-state index contributed by atoms with van der Waals surface area (Å²) in [5.41, 5.74) is 0. The molecule has 0 amide bonds. The van der Waals surface area contributed by atoms with Gasteiger partial charge in [0, 0.05) is 6.61 Å². The Kier molecular flexibility index (Phi) is 5.77. The minimum Gasteiger partial charge on any atom is -0.480 e. The third-order valence-electron chi connectivity index (χ3n) is 3.02. The first kappa shape index (κ1) is 13.5. The quantitative estimate of drug-likeness (QED) is 0.652. The van der Waals surface area contributed by atoms with Gasteiger partial charge in [0.05, 0.1) is 6.10 Å². The second-order valence-corrected chi connectivity index (χ2v) is 4.79. The molecule has 1 saturated heterocycles. The standard InChI is InChI=1S/C12H23NO3/c1-9(2)11(12(14)15)13-7-3-5-10-6-4-8-16-10/h9-11,13H,3-8H2,1-2H3,(H,14,15). The molecule has 1 fully saturated rings. The van der Waals surface area contributed by atoms with E-state index in [0.717, 1.165) is 32.4 Å². The maximum absolute atomic E-state index is 10.9. The second kappa shape index (κ2) is 6.86. The molecule has 0 saturated carbocycles. The molecule has 1 aliphatic rings. The molecule has 0 aromatic rings. The first-order valence-corrected chi connectivity index (χ1v) is 6.19. The lowest BCUT2D eigenvalue weighted by Gasteiger charge is -2.18. The van der Waals surface area contributed by atoms with Gasteiger partial charge in [-0.25, -0.2) is 0 Å². The van der Waals surface area contributed by atoms with Crippen LogP contribution in [0, 0.1) is 5.92 Å². The fraction of sp³-hybridized carbons (Fsp3) is 0.917. The molecular weight excluding hydrogens is 206 g/mol. The number of carboxylic acids is 1. The molecule has 2 N–H and O–H groups in total. The summed E-state index contributed by atoms with van der Waals surface area (Å²) < 4.78 is 5.51. The molecule has 94 valence electrons. The van der Waals surface area contributed by atoms with Crippen LogP contribution in [0.15, 0.2) is 0 Å². The molecule has 16 heavy (non-hydrogen) atoms. The molecule has 1 aliphatic heterocycles. The van der Waals surface area contributed by atoms with Gasteiger partial charge in [0.25, 0.3) is 0 Å². The predicted octanol–water partition coefficient (Wildman–Crippen LogP) is 1.64. The van der Waals surface area contributed by atoms with Crippen molar-refractivity contribution < 1.29 is 14.6 Å². The van der Waals surface area contributed by atoms with Crippen LogP contribution in [0.1, 0.15) is 39.5 Å². The van der Waals surface area contributed by atoms with E-state index < -0.39 is 12.0 Å². The topological polar surface area (TPSA) is 58.6 Å². The zero-order valence-corrected chi connectivity index (χ0v) is 10.2. The Hall–Kier alpha value is -0.610. The van der Waals surface area contributed by atoms with Crippen molar-refractivity contribution in [3.05, 3.63) is 0 Å². The van der Waals surface area contributed by atoms with Crippen LogP contribution in [0.5, 0.6) is 0 Å². The van der Waals surface area contributed by atoms with Gasteiger partial charge in [-0.3, -0.25) is 4.79 Å². The number of nitrogens with one attached hydrogen (secondary N) is 1. The first-order chi connectivity index (χ1) is 7.61. The Morgan fingerprint density at radius 2 is 2.31 bits per heavy atom. The van der Waals surface area contributed by atoms with Gasteiger partial charge in [-0.15, -0.1) is 0 Å². The smallest absolute Gasteiger partial charge is 0.320 e. The SMILES string of the molecule is CC(C)C(NCCCC1CCCO1)C(=O)O. The Labute approximate surface area is 97.4 Å². The molecule has 0 aromatic heterocycles. The van der Waals surface area contributed by atoms with Gasteiger partial charge in [-0.2, -0.15) is 0 Å². The average molecular weight is 229 g/mol. The molecular formula is C12H23NO3. The Morgan fingerprint density at radius 1 is 1.56 bits per heavy atom. The van der Waals surface area contributed by atoms with E-state index in [2.05, 4.69) is 5.32 Å². The summed E-state index contributed by atoms with van der Waals surface area (Å²) in [7, 11) is 0. The summed E-state index contributed by atoms with van der Waals surface area (Å²) in [5.74, 6) is -0.632. The van der Waals surface area contributed by atoms with Crippen LogP contribution in [-0.2, 0) is 9.53 Å². The minimum atomic E-state index is -0.757. The van der Waals surface area contributed by atoms with Crippen LogP contribution in [0.2, 0.25) is 0 Å². The second-order valence-electron chi connectivity index (χ2n) is 4.79. The summed E-state index contributed by atoms with van der Waals surface area (Å²) >= 11 is 0. The molecule has 2 unspecified atom stereocenters. The Balaban J connectivity index is 2.10. The zero-order chi connectivity index (χ0) is 12.0. The predicted molar refractivity (Wildman–Crippen MR) is 62.5 cm³/mol. The normalized spacial score (nSPS) is 22.6.